The highest BCUT2D eigenvalue weighted by atomic mass is 16.6. The first-order chi connectivity index (χ1) is 20.5. The molecule has 0 unspecified atom stereocenters. The van der Waals surface area contributed by atoms with Crippen LogP contribution in [-0.2, 0) is 16.1 Å². The van der Waals surface area contributed by atoms with E-state index in [0.717, 1.165) is 16.7 Å². The van der Waals surface area contributed by atoms with Crippen molar-refractivity contribution < 1.29 is 19.1 Å². The van der Waals surface area contributed by atoms with Crippen molar-refractivity contribution in [2.75, 3.05) is 26.2 Å². The second-order valence-corrected chi connectivity index (χ2v) is 11.7. The molecule has 3 N–H and O–H groups in total. The van der Waals surface area contributed by atoms with Gasteiger partial charge in [0.25, 0.3) is 5.91 Å². The van der Waals surface area contributed by atoms with Gasteiger partial charge in [-0.1, -0.05) is 50.2 Å². The van der Waals surface area contributed by atoms with Gasteiger partial charge in [-0.2, -0.15) is 0 Å². The number of hydrogen-bond acceptors (Lipinski definition) is 7. The fourth-order valence-electron chi connectivity index (χ4n) is 4.59. The number of aliphatic imine (C=N–C) groups is 1. The molecule has 0 atom stereocenters. The molecule has 0 fully saturated rings. The molecule has 0 saturated heterocycles. The molecule has 3 aromatic rings. The first kappa shape index (κ1) is 31.3. The van der Waals surface area contributed by atoms with Gasteiger partial charge in [-0.05, 0) is 67.6 Å². The van der Waals surface area contributed by atoms with E-state index in [1.54, 1.807) is 50.2 Å². The molecule has 0 aliphatic carbocycles. The van der Waals surface area contributed by atoms with Gasteiger partial charge in [0, 0.05) is 48.9 Å². The number of pyridine rings is 1. The number of rotatable bonds is 10. The molecule has 43 heavy (non-hydrogen) atoms. The number of alkyl carbamates (subject to hydrolysis) is 1. The largest absolute Gasteiger partial charge is 0.489 e. The number of aromatic nitrogens is 1. The maximum Gasteiger partial charge on any atom is 0.407 e. The topological polar surface area (TPSA) is 119 Å². The summed E-state index contributed by atoms with van der Waals surface area (Å²) in [6, 6.07) is 19.5. The summed E-state index contributed by atoms with van der Waals surface area (Å²) in [5.41, 5.74) is 11.2. The minimum Gasteiger partial charge on any atom is -0.489 e. The van der Waals surface area contributed by atoms with Crippen LogP contribution in [0.15, 0.2) is 78.0 Å². The molecule has 1 aliphatic heterocycles. The molecule has 9 nitrogen and oxygen atoms in total. The van der Waals surface area contributed by atoms with Crippen molar-refractivity contribution in [3.8, 4) is 5.75 Å². The van der Waals surface area contributed by atoms with Crippen molar-refractivity contribution in [1.82, 2.24) is 15.2 Å². The van der Waals surface area contributed by atoms with E-state index < -0.39 is 11.7 Å². The zero-order valence-electron chi connectivity index (χ0n) is 25.6. The Morgan fingerprint density at radius 1 is 1.00 bits per heavy atom. The quantitative estimate of drug-likeness (QED) is 0.329. The summed E-state index contributed by atoms with van der Waals surface area (Å²) in [6.07, 6.45) is 2.79. The molecule has 2 heterocycles. The number of amides is 2. The molecule has 9 heteroatoms. The molecular weight excluding hydrogens is 542 g/mol. The summed E-state index contributed by atoms with van der Waals surface area (Å²) in [7, 11) is 0. The first-order valence-electron chi connectivity index (χ1n) is 14.5. The number of hydrogen-bond donors (Lipinski definition) is 2. The summed E-state index contributed by atoms with van der Waals surface area (Å²) < 4.78 is 11.3. The summed E-state index contributed by atoms with van der Waals surface area (Å²) in [6.45, 7) is 11.6. The zero-order valence-corrected chi connectivity index (χ0v) is 25.6. The van der Waals surface area contributed by atoms with Crippen molar-refractivity contribution in [1.29, 1.82) is 0 Å². The lowest BCUT2D eigenvalue weighted by Gasteiger charge is -2.28. The Morgan fingerprint density at radius 3 is 2.30 bits per heavy atom. The third-order valence-corrected chi connectivity index (χ3v) is 6.87. The van der Waals surface area contributed by atoms with Crippen LogP contribution < -0.4 is 15.8 Å². The van der Waals surface area contributed by atoms with Gasteiger partial charge in [-0.25, -0.2) is 4.79 Å². The highest BCUT2D eigenvalue weighted by Gasteiger charge is 2.29. The van der Waals surface area contributed by atoms with Crippen LogP contribution in [-0.4, -0.2) is 59.4 Å². The highest BCUT2D eigenvalue weighted by Crippen LogP contribution is 2.28. The smallest absolute Gasteiger partial charge is 0.407 e. The SMILES string of the molecule is CC(C)c1ccc(COc2ccc(C(C3=NCCN(CCNC(=O)OC(C)(C)C)C3=O)=C(N)c3ccncc3)cc2)cc1. The van der Waals surface area contributed by atoms with E-state index >= 15 is 0 Å². The average Bonchev–Trinajstić information content (AvgIpc) is 2.98. The van der Waals surface area contributed by atoms with Gasteiger partial charge < -0.3 is 25.4 Å². The van der Waals surface area contributed by atoms with Crippen LogP contribution in [0.1, 0.15) is 62.8 Å². The van der Waals surface area contributed by atoms with Crippen molar-refractivity contribution in [3.05, 3.63) is 95.3 Å². The minimum atomic E-state index is -0.602. The van der Waals surface area contributed by atoms with E-state index in [1.165, 1.54) is 5.56 Å². The normalized spacial score (nSPS) is 14.2. The Balaban J connectivity index is 1.52. The van der Waals surface area contributed by atoms with E-state index in [9.17, 15) is 9.59 Å². The Morgan fingerprint density at radius 2 is 1.67 bits per heavy atom. The molecule has 0 saturated carbocycles. The number of nitrogens with one attached hydrogen (secondary N) is 1. The average molecular weight is 584 g/mol. The van der Waals surface area contributed by atoms with Gasteiger partial charge in [-0.3, -0.25) is 14.8 Å². The number of ether oxygens (including phenoxy) is 2. The number of carbonyl (C=O) groups excluding carboxylic acids is 2. The molecule has 0 radical (unpaired) electrons. The molecule has 1 aliphatic rings. The second kappa shape index (κ2) is 14.0. The van der Waals surface area contributed by atoms with Crippen molar-refractivity contribution in [3.63, 3.8) is 0 Å². The summed E-state index contributed by atoms with van der Waals surface area (Å²) >= 11 is 0. The Bertz CT molecular complexity index is 1460. The predicted molar refractivity (Wildman–Crippen MR) is 170 cm³/mol. The van der Waals surface area contributed by atoms with E-state index in [-0.39, 0.29) is 18.2 Å². The van der Waals surface area contributed by atoms with Crippen LogP contribution in [0.25, 0.3) is 11.3 Å². The third kappa shape index (κ3) is 8.67. The molecule has 1 aromatic heterocycles. The summed E-state index contributed by atoms with van der Waals surface area (Å²) in [4.78, 5) is 36.2. The van der Waals surface area contributed by atoms with Gasteiger partial charge in [0.15, 0.2) is 0 Å². The second-order valence-electron chi connectivity index (χ2n) is 11.7. The number of carbonyl (C=O) groups is 2. The first-order valence-corrected chi connectivity index (χ1v) is 14.5. The van der Waals surface area contributed by atoms with Crippen molar-refractivity contribution >= 4 is 29.0 Å². The number of nitrogens with two attached hydrogens (primary N) is 1. The van der Waals surface area contributed by atoms with Gasteiger partial charge >= 0.3 is 6.09 Å². The summed E-state index contributed by atoms with van der Waals surface area (Å²) in [5.74, 6) is 0.922. The molecule has 2 amide bonds. The predicted octanol–water partition coefficient (Wildman–Crippen LogP) is 5.42. The highest BCUT2D eigenvalue weighted by molar-refractivity contribution is 6.58. The van der Waals surface area contributed by atoms with E-state index in [2.05, 4.69) is 53.4 Å². The van der Waals surface area contributed by atoms with Crippen LogP contribution in [0, 0.1) is 0 Å². The lowest BCUT2D eigenvalue weighted by molar-refractivity contribution is -0.124. The lowest BCUT2D eigenvalue weighted by atomic mass is 9.94. The monoisotopic (exact) mass is 583 g/mol. The molecule has 0 spiro atoms. The van der Waals surface area contributed by atoms with Crippen LogP contribution in [0.2, 0.25) is 0 Å². The van der Waals surface area contributed by atoms with Gasteiger partial charge in [0.2, 0.25) is 0 Å². The number of nitrogens with zero attached hydrogens (tertiary/aromatic N) is 3. The number of benzene rings is 2. The maximum absolute atomic E-state index is 13.7. The summed E-state index contributed by atoms with van der Waals surface area (Å²) in [5, 5.41) is 2.72. The van der Waals surface area contributed by atoms with Crippen LogP contribution in [0.5, 0.6) is 5.75 Å². The van der Waals surface area contributed by atoms with Gasteiger partial charge in [0.05, 0.1) is 6.54 Å². The Labute approximate surface area is 253 Å². The molecule has 0 bridgehead atoms. The molecular formula is C34H41N5O4. The zero-order chi connectivity index (χ0) is 31.0. The van der Waals surface area contributed by atoms with Crippen LogP contribution in [0.3, 0.4) is 0 Å². The van der Waals surface area contributed by atoms with Crippen molar-refractivity contribution in [2.24, 2.45) is 10.7 Å². The van der Waals surface area contributed by atoms with Crippen LogP contribution in [0.4, 0.5) is 4.79 Å². The Hall–Kier alpha value is -4.66. The lowest BCUT2D eigenvalue weighted by Crippen LogP contribution is -2.46. The van der Waals surface area contributed by atoms with Gasteiger partial charge in [-0.15, -0.1) is 0 Å². The molecule has 4 rings (SSSR count). The fourth-order valence-corrected chi connectivity index (χ4v) is 4.59. The van der Waals surface area contributed by atoms with E-state index in [1.807, 2.05) is 24.3 Å². The Kier molecular flexibility index (Phi) is 10.2. The van der Waals surface area contributed by atoms with Gasteiger partial charge in [0.1, 0.15) is 23.7 Å². The maximum atomic E-state index is 13.7. The van der Waals surface area contributed by atoms with Crippen molar-refractivity contribution in [2.45, 2.75) is 52.7 Å². The van der Waals surface area contributed by atoms with Crippen LogP contribution >= 0.6 is 0 Å². The molecule has 2 aromatic carbocycles. The standard InChI is InChI=1S/C34H41N5O4/c1-23(2)25-8-6-24(7-9-25)22-42-28-12-10-26(11-13-28)29(30(35)27-14-16-36-17-15-27)31-32(40)39(20-18-37-31)21-19-38-33(41)43-34(3,4)5/h6-17,23H,18-22,35H2,1-5H3,(H,38,41). The fraction of sp³-hybridized carbons (Fsp3) is 0.353. The van der Waals surface area contributed by atoms with E-state index in [0.29, 0.717) is 49.2 Å². The minimum absolute atomic E-state index is 0.249. The third-order valence-electron chi connectivity index (χ3n) is 6.87. The van der Waals surface area contributed by atoms with E-state index in [4.69, 9.17) is 15.2 Å². The molecule has 226 valence electrons.